The highest BCUT2D eigenvalue weighted by molar-refractivity contribution is 7.17. The van der Waals surface area contributed by atoms with Crippen molar-refractivity contribution in [1.82, 2.24) is 5.32 Å². The summed E-state index contributed by atoms with van der Waals surface area (Å²) in [5.74, 6) is -0.394. The molecule has 4 nitrogen and oxygen atoms in total. The fourth-order valence-corrected chi connectivity index (χ4v) is 3.49. The summed E-state index contributed by atoms with van der Waals surface area (Å²) >= 11 is 7.32. The predicted octanol–water partition coefficient (Wildman–Crippen LogP) is 4.99. The highest BCUT2D eigenvalue weighted by atomic mass is 35.5. The van der Waals surface area contributed by atoms with E-state index in [0.717, 1.165) is 16.0 Å². The van der Waals surface area contributed by atoms with Gasteiger partial charge in [0, 0.05) is 28.2 Å². The number of nitrogens with one attached hydrogen (secondary N) is 2. The topological polar surface area (TPSA) is 58.2 Å². The highest BCUT2D eigenvalue weighted by Gasteiger charge is 2.13. The van der Waals surface area contributed by atoms with Gasteiger partial charge in [-0.2, -0.15) is 0 Å². The minimum Gasteiger partial charge on any atom is -0.355 e. The third kappa shape index (κ3) is 3.95. The molecule has 2 aromatic carbocycles. The Morgan fingerprint density at radius 1 is 0.962 bits per heavy atom. The molecule has 132 valence electrons. The highest BCUT2D eigenvalue weighted by Crippen LogP contribution is 2.29. The second-order valence-electron chi connectivity index (χ2n) is 5.73. The smallest absolute Gasteiger partial charge is 0.265 e. The van der Waals surface area contributed by atoms with Crippen molar-refractivity contribution in [3.05, 3.63) is 75.6 Å². The maximum atomic E-state index is 12.6. The van der Waals surface area contributed by atoms with Gasteiger partial charge in [0.15, 0.2) is 0 Å². The Morgan fingerprint density at radius 3 is 2.38 bits per heavy atom. The van der Waals surface area contributed by atoms with Crippen molar-refractivity contribution in [3.63, 3.8) is 0 Å². The molecule has 3 aromatic rings. The molecule has 0 aliphatic carbocycles. The summed E-state index contributed by atoms with van der Waals surface area (Å²) in [5.41, 5.74) is 3.02. The van der Waals surface area contributed by atoms with Gasteiger partial charge in [0.25, 0.3) is 11.8 Å². The van der Waals surface area contributed by atoms with Gasteiger partial charge in [-0.25, -0.2) is 0 Å². The van der Waals surface area contributed by atoms with E-state index in [4.69, 9.17) is 11.6 Å². The summed E-state index contributed by atoms with van der Waals surface area (Å²) in [5, 5.41) is 6.15. The first-order valence-corrected chi connectivity index (χ1v) is 9.17. The van der Waals surface area contributed by atoms with Crippen LogP contribution in [0.5, 0.6) is 0 Å². The molecule has 2 N–H and O–H groups in total. The van der Waals surface area contributed by atoms with Crippen LogP contribution in [0.15, 0.2) is 54.6 Å². The number of halogens is 1. The maximum absolute atomic E-state index is 12.6. The number of carbonyl (C=O) groups is 2. The fraction of sp³-hybridized carbons (Fsp3) is 0.100. The molecule has 2 amide bonds. The van der Waals surface area contributed by atoms with E-state index in [9.17, 15) is 9.59 Å². The average molecular weight is 385 g/mol. The standard InChI is InChI=1S/C20H17ClN2O2S/c1-12-3-4-14(19(24)22-2)11-16(12)23-20(25)18-10-9-17(26-18)13-5-7-15(21)8-6-13/h3-11H,1-2H3,(H,22,24)(H,23,25). The second kappa shape index (κ2) is 7.72. The number of hydrogen-bond donors (Lipinski definition) is 2. The van der Waals surface area contributed by atoms with Gasteiger partial charge in [-0.3, -0.25) is 9.59 Å². The number of aryl methyl sites for hydroxylation is 1. The van der Waals surface area contributed by atoms with Crippen LogP contribution in [0.25, 0.3) is 10.4 Å². The maximum Gasteiger partial charge on any atom is 0.265 e. The average Bonchev–Trinajstić information content (AvgIpc) is 3.13. The third-order valence-corrected chi connectivity index (χ3v) is 5.32. The predicted molar refractivity (Wildman–Crippen MR) is 107 cm³/mol. The number of benzene rings is 2. The minimum atomic E-state index is -0.202. The molecule has 6 heteroatoms. The van der Waals surface area contributed by atoms with E-state index in [1.807, 2.05) is 43.3 Å². The van der Waals surface area contributed by atoms with Gasteiger partial charge >= 0.3 is 0 Å². The summed E-state index contributed by atoms with van der Waals surface area (Å²) in [6.07, 6.45) is 0. The van der Waals surface area contributed by atoms with Crippen molar-refractivity contribution < 1.29 is 9.59 Å². The third-order valence-electron chi connectivity index (χ3n) is 3.93. The van der Waals surface area contributed by atoms with Crippen LogP contribution in [0.3, 0.4) is 0 Å². The van der Waals surface area contributed by atoms with Crippen LogP contribution in [-0.2, 0) is 0 Å². The first kappa shape index (κ1) is 18.2. The Labute approximate surface area is 160 Å². The van der Waals surface area contributed by atoms with Crippen LogP contribution in [0.1, 0.15) is 25.6 Å². The zero-order valence-electron chi connectivity index (χ0n) is 14.3. The van der Waals surface area contributed by atoms with E-state index < -0.39 is 0 Å². The fourth-order valence-electron chi connectivity index (χ4n) is 2.46. The van der Waals surface area contributed by atoms with E-state index in [1.54, 1.807) is 25.2 Å². The van der Waals surface area contributed by atoms with Crippen molar-refractivity contribution in [2.45, 2.75) is 6.92 Å². The molecule has 0 bridgehead atoms. The zero-order chi connectivity index (χ0) is 18.7. The largest absolute Gasteiger partial charge is 0.355 e. The number of hydrogen-bond acceptors (Lipinski definition) is 3. The zero-order valence-corrected chi connectivity index (χ0v) is 15.9. The molecule has 1 aromatic heterocycles. The SMILES string of the molecule is CNC(=O)c1ccc(C)c(NC(=O)c2ccc(-c3ccc(Cl)cc3)s2)c1. The van der Waals surface area contributed by atoms with Crippen LogP contribution in [0.2, 0.25) is 5.02 Å². The Bertz CT molecular complexity index is 964. The molecule has 0 fully saturated rings. The molecule has 0 aliphatic rings. The second-order valence-corrected chi connectivity index (χ2v) is 7.25. The Hall–Kier alpha value is -2.63. The normalized spacial score (nSPS) is 10.4. The molecule has 0 spiro atoms. The molecule has 0 aliphatic heterocycles. The summed E-state index contributed by atoms with van der Waals surface area (Å²) in [4.78, 5) is 26.0. The van der Waals surface area contributed by atoms with E-state index in [1.165, 1.54) is 11.3 Å². The Kier molecular flexibility index (Phi) is 5.40. The van der Waals surface area contributed by atoms with Crippen LogP contribution < -0.4 is 10.6 Å². The molecular formula is C20H17ClN2O2S. The lowest BCUT2D eigenvalue weighted by Gasteiger charge is -2.09. The molecule has 0 saturated heterocycles. The van der Waals surface area contributed by atoms with Gasteiger partial charge in [-0.1, -0.05) is 29.8 Å². The van der Waals surface area contributed by atoms with Crippen LogP contribution in [-0.4, -0.2) is 18.9 Å². The van der Waals surface area contributed by atoms with E-state index >= 15 is 0 Å². The lowest BCUT2D eigenvalue weighted by molar-refractivity contribution is 0.0961. The van der Waals surface area contributed by atoms with Crippen molar-refractivity contribution in [1.29, 1.82) is 0 Å². The van der Waals surface area contributed by atoms with Crippen molar-refractivity contribution in [2.75, 3.05) is 12.4 Å². The summed E-state index contributed by atoms with van der Waals surface area (Å²) in [6, 6.07) is 16.4. The summed E-state index contributed by atoms with van der Waals surface area (Å²) in [7, 11) is 1.57. The van der Waals surface area contributed by atoms with Gasteiger partial charge in [0.2, 0.25) is 0 Å². The molecule has 26 heavy (non-hydrogen) atoms. The minimum absolute atomic E-state index is 0.193. The van der Waals surface area contributed by atoms with Crippen molar-refractivity contribution in [2.24, 2.45) is 0 Å². The van der Waals surface area contributed by atoms with Crippen LogP contribution in [0, 0.1) is 6.92 Å². The van der Waals surface area contributed by atoms with Gasteiger partial charge < -0.3 is 10.6 Å². The Morgan fingerprint density at radius 2 is 1.69 bits per heavy atom. The van der Waals surface area contributed by atoms with Crippen LogP contribution in [0.4, 0.5) is 5.69 Å². The molecular weight excluding hydrogens is 368 g/mol. The lowest BCUT2D eigenvalue weighted by Crippen LogP contribution is -2.18. The molecule has 0 atom stereocenters. The molecule has 3 rings (SSSR count). The number of anilines is 1. The lowest BCUT2D eigenvalue weighted by atomic mass is 10.1. The van der Waals surface area contributed by atoms with Gasteiger partial charge in [-0.15, -0.1) is 11.3 Å². The first-order valence-electron chi connectivity index (χ1n) is 7.98. The molecule has 0 saturated carbocycles. The summed E-state index contributed by atoms with van der Waals surface area (Å²) in [6.45, 7) is 1.89. The summed E-state index contributed by atoms with van der Waals surface area (Å²) < 4.78 is 0. The van der Waals surface area contributed by atoms with Crippen LogP contribution >= 0.6 is 22.9 Å². The van der Waals surface area contributed by atoms with E-state index in [2.05, 4.69) is 10.6 Å². The quantitative estimate of drug-likeness (QED) is 0.665. The number of amides is 2. The van der Waals surface area contributed by atoms with Gasteiger partial charge in [-0.05, 0) is 54.4 Å². The number of rotatable bonds is 4. The molecule has 0 unspecified atom stereocenters. The Balaban J connectivity index is 1.81. The number of carbonyl (C=O) groups excluding carboxylic acids is 2. The molecule has 0 radical (unpaired) electrons. The van der Waals surface area contributed by atoms with Gasteiger partial charge in [0.05, 0.1) is 4.88 Å². The monoisotopic (exact) mass is 384 g/mol. The molecule has 1 heterocycles. The first-order chi connectivity index (χ1) is 12.5. The van der Waals surface area contributed by atoms with Crippen molar-refractivity contribution >= 4 is 40.4 Å². The number of thiophene rings is 1. The van der Waals surface area contributed by atoms with E-state index in [-0.39, 0.29) is 11.8 Å². The van der Waals surface area contributed by atoms with Crippen molar-refractivity contribution in [3.8, 4) is 10.4 Å². The van der Waals surface area contributed by atoms with Gasteiger partial charge in [0.1, 0.15) is 0 Å². The van der Waals surface area contributed by atoms with E-state index in [0.29, 0.717) is 21.2 Å².